The molecule has 430 valence electrons. The number of anilines is 4. The van der Waals surface area contributed by atoms with Gasteiger partial charge in [-0.2, -0.15) is 0 Å². The zero-order valence-electron chi connectivity index (χ0n) is 50.0. The number of fused-ring (bicyclic) bond motifs is 21. The minimum Gasteiger partial charge on any atom is -0.338 e. The van der Waals surface area contributed by atoms with E-state index in [4.69, 9.17) is 4.98 Å². The summed E-state index contributed by atoms with van der Waals surface area (Å²) in [5.74, 6) is 0. The molecule has 0 saturated heterocycles. The quantitative estimate of drug-likeness (QED) is 0.167. The molecular formula is C85H55N7. The van der Waals surface area contributed by atoms with Gasteiger partial charge in [0.2, 0.25) is 0 Å². The standard InChI is InChI=1S/C85H55N7/c1-3-20-54(21-4-1)87-46-47-88(55-22-5-2-6-23-55)84-53-74-71(52-83(84)87)70-49-57(92-80-36-18-12-29-67(80)73-51-59(40-44-82(73)92)90-77-33-15-9-26-64(77)65-27-10-16-34-78(65)90)38-42-61(70)60-41-37-56(48-69(60)68-30-19-45-86-85(68)74)91-79-35-17-11-28-66(79)72-50-58(39-43-81(72)91)89-75-31-13-7-24-62(75)63-25-8-14-32-76(63)89/h1-45,48-53H,46-47H2. The van der Waals surface area contributed by atoms with Crippen LogP contribution in [0.5, 0.6) is 0 Å². The van der Waals surface area contributed by atoms with Crippen molar-refractivity contribution >= 4 is 110 Å². The molecule has 7 heteroatoms. The molecular weight excluding hydrogens is 1120 g/mol. The first-order valence-corrected chi connectivity index (χ1v) is 31.8. The molecule has 0 bridgehead atoms. The second kappa shape index (κ2) is 19.7. The van der Waals surface area contributed by atoms with Crippen molar-refractivity contribution < 1.29 is 0 Å². The van der Waals surface area contributed by atoms with Crippen molar-refractivity contribution in [3.05, 3.63) is 310 Å². The van der Waals surface area contributed by atoms with E-state index in [9.17, 15) is 0 Å². The predicted molar refractivity (Wildman–Crippen MR) is 384 cm³/mol. The molecule has 1 aliphatic carbocycles. The summed E-state index contributed by atoms with van der Waals surface area (Å²) in [6.45, 7) is 1.61. The number of hydrogen-bond acceptors (Lipinski definition) is 3. The second-order valence-corrected chi connectivity index (χ2v) is 24.6. The zero-order chi connectivity index (χ0) is 60.1. The van der Waals surface area contributed by atoms with E-state index >= 15 is 0 Å². The molecule has 20 rings (SSSR count). The number of benzene rings is 13. The number of pyridine rings is 1. The van der Waals surface area contributed by atoms with Gasteiger partial charge in [0.25, 0.3) is 0 Å². The van der Waals surface area contributed by atoms with Gasteiger partial charge >= 0.3 is 0 Å². The average molecular weight is 1170 g/mol. The Morgan fingerprint density at radius 2 is 0.522 bits per heavy atom. The van der Waals surface area contributed by atoms with Crippen molar-refractivity contribution in [2.45, 2.75) is 0 Å². The fraction of sp³-hybridized carbons (Fsp3) is 0.0235. The molecule has 0 fully saturated rings. The van der Waals surface area contributed by atoms with Crippen molar-refractivity contribution in [2.75, 3.05) is 22.9 Å². The highest BCUT2D eigenvalue weighted by Gasteiger charge is 2.32. The Kier molecular flexibility index (Phi) is 10.8. The van der Waals surface area contributed by atoms with Gasteiger partial charge in [0.15, 0.2) is 0 Å². The minimum atomic E-state index is 0.803. The van der Waals surface area contributed by atoms with Gasteiger partial charge < -0.3 is 28.1 Å². The number of aromatic nitrogens is 5. The first-order chi connectivity index (χ1) is 45.7. The lowest BCUT2D eigenvalue weighted by Gasteiger charge is -2.40. The Bertz CT molecular complexity index is 5990. The summed E-state index contributed by atoms with van der Waals surface area (Å²) in [5.41, 5.74) is 27.2. The van der Waals surface area contributed by atoms with Crippen molar-refractivity contribution in [2.24, 2.45) is 0 Å². The summed E-state index contributed by atoms with van der Waals surface area (Å²) in [7, 11) is 0. The van der Waals surface area contributed by atoms with Gasteiger partial charge in [0, 0.05) is 108 Å². The van der Waals surface area contributed by atoms with E-state index in [1.807, 2.05) is 6.20 Å². The Labute approximate surface area is 530 Å². The molecule has 0 N–H and O–H groups in total. The van der Waals surface area contributed by atoms with Crippen LogP contribution in [-0.4, -0.2) is 36.3 Å². The fourth-order valence-corrected chi connectivity index (χ4v) is 15.9. The summed E-state index contributed by atoms with van der Waals surface area (Å²) in [6.07, 6.45) is 1.98. The molecule has 5 aromatic heterocycles. The molecule has 13 aromatic carbocycles. The lowest BCUT2D eigenvalue weighted by molar-refractivity contribution is 0.850. The summed E-state index contributed by atoms with van der Waals surface area (Å²) < 4.78 is 9.80. The molecule has 0 radical (unpaired) electrons. The van der Waals surface area contributed by atoms with Gasteiger partial charge in [0.05, 0.1) is 61.2 Å². The van der Waals surface area contributed by atoms with E-state index < -0.39 is 0 Å². The monoisotopic (exact) mass is 1170 g/mol. The van der Waals surface area contributed by atoms with Crippen LogP contribution in [0.15, 0.2) is 310 Å². The van der Waals surface area contributed by atoms with E-state index in [0.29, 0.717) is 0 Å². The van der Waals surface area contributed by atoms with Gasteiger partial charge in [-0.15, -0.1) is 0 Å². The third-order valence-corrected chi connectivity index (χ3v) is 19.8. The maximum atomic E-state index is 5.50. The van der Waals surface area contributed by atoms with E-state index in [1.54, 1.807) is 0 Å². The molecule has 6 heterocycles. The molecule has 2 aliphatic rings. The maximum Gasteiger partial charge on any atom is 0.0787 e. The van der Waals surface area contributed by atoms with E-state index in [2.05, 4.69) is 331 Å². The summed E-state index contributed by atoms with van der Waals surface area (Å²) in [4.78, 5) is 10.5. The second-order valence-electron chi connectivity index (χ2n) is 24.6. The van der Waals surface area contributed by atoms with Gasteiger partial charge in [-0.1, -0.05) is 164 Å². The van der Waals surface area contributed by atoms with E-state index in [1.165, 1.54) is 65.2 Å². The lowest BCUT2D eigenvalue weighted by Crippen LogP contribution is -2.36. The third kappa shape index (κ3) is 7.36. The van der Waals surface area contributed by atoms with Gasteiger partial charge in [-0.25, -0.2) is 0 Å². The highest BCUT2D eigenvalue weighted by Crippen LogP contribution is 2.54. The van der Waals surface area contributed by atoms with E-state index in [0.717, 1.165) is 125 Å². The highest BCUT2D eigenvalue weighted by atomic mass is 15.3. The summed E-state index contributed by atoms with van der Waals surface area (Å²) in [6, 6.07) is 112. The number of para-hydroxylation sites is 8. The first-order valence-electron chi connectivity index (χ1n) is 31.8. The molecule has 7 nitrogen and oxygen atoms in total. The smallest absolute Gasteiger partial charge is 0.0787 e. The van der Waals surface area contributed by atoms with Crippen LogP contribution in [0.1, 0.15) is 0 Å². The molecule has 92 heavy (non-hydrogen) atoms. The van der Waals surface area contributed by atoms with Crippen LogP contribution in [0.3, 0.4) is 0 Å². The van der Waals surface area contributed by atoms with Gasteiger partial charge in [-0.3, -0.25) is 4.98 Å². The van der Waals surface area contributed by atoms with Crippen LogP contribution in [0.25, 0.3) is 155 Å². The molecule has 0 saturated carbocycles. The Hall–Kier alpha value is -12.2. The first kappa shape index (κ1) is 50.8. The van der Waals surface area contributed by atoms with Crippen molar-refractivity contribution in [3.8, 4) is 67.4 Å². The lowest BCUT2D eigenvalue weighted by atomic mass is 9.81. The average Bonchev–Trinajstić information content (AvgIpc) is 1.51. The number of nitrogens with zero attached hydrogens (tertiary/aromatic N) is 7. The van der Waals surface area contributed by atoms with Crippen LogP contribution >= 0.6 is 0 Å². The normalized spacial score (nSPS) is 12.9. The molecule has 1 aliphatic heterocycles. The molecule has 18 aromatic rings. The van der Waals surface area contributed by atoms with Crippen molar-refractivity contribution in [3.63, 3.8) is 0 Å². The topological polar surface area (TPSA) is 39.1 Å². The SMILES string of the molecule is c1ccc(N2CCN(c3ccccc3)c3cc4c(cc32)-c2cc(-n3c5ccccc5c5cc(-n6c7ccccc7c7ccccc76)ccc53)ccc2-c2ccc(-n3c5ccccc5c5cc(-n6c7ccccc7c7ccccc76)ccc53)cc2-c2cccnc2-4)cc1. The third-order valence-electron chi connectivity index (χ3n) is 19.8. The zero-order valence-corrected chi connectivity index (χ0v) is 50.0. The van der Waals surface area contributed by atoms with Gasteiger partial charge in [0.1, 0.15) is 0 Å². The Morgan fingerprint density at radius 3 is 0.935 bits per heavy atom. The van der Waals surface area contributed by atoms with Gasteiger partial charge in [-0.05, 0) is 167 Å². The summed E-state index contributed by atoms with van der Waals surface area (Å²) in [5, 5.41) is 9.81. The number of hydrogen-bond donors (Lipinski definition) is 0. The van der Waals surface area contributed by atoms with Crippen LogP contribution in [-0.2, 0) is 0 Å². The number of rotatable bonds is 6. The summed E-state index contributed by atoms with van der Waals surface area (Å²) >= 11 is 0. The van der Waals surface area contributed by atoms with Crippen molar-refractivity contribution in [1.82, 2.24) is 23.3 Å². The molecule has 0 amide bonds. The largest absolute Gasteiger partial charge is 0.338 e. The fourth-order valence-electron chi connectivity index (χ4n) is 15.9. The van der Waals surface area contributed by atoms with Crippen LogP contribution in [0.2, 0.25) is 0 Å². The maximum absolute atomic E-state index is 5.50. The van der Waals surface area contributed by atoms with Crippen molar-refractivity contribution in [1.29, 1.82) is 0 Å². The van der Waals surface area contributed by atoms with Crippen LogP contribution < -0.4 is 9.80 Å². The van der Waals surface area contributed by atoms with Crippen LogP contribution in [0.4, 0.5) is 22.7 Å². The highest BCUT2D eigenvalue weighted by molar-refractivity contribution is 6.15. The van der Waals surface area contributed by atoms with Crippen LogP contribution in [0, 0.1) is 0 Å². The van der Waals surface area contributed by atoms with E-state index in [-0.39, 0.29) is 0 Å². The molecule has 0 spiro atoms. The predicted octanol–water partition coefficient (Wildman–Crippen LogP) is 21.7. The Morgan fingerprint density at radius 1 is 0.207 bits per heavy atom. The molecule has 0 atom stereocenters. The minimum absolute atomic E-state index is 0.803. The molecule has 0 unspecified atom stereocenters. The Balaban J connectivity index is 0.830.